The van der Waals surface area contributed by atoms with Gasteiger partial charge in [-0.3, -0.25) is 0 Å². The fourth-order valence-corrected chi connectivity index (χ4v) is 2.74. The molecule has 0 spiro atoms. The van der Waals surface area contributed by atoms with Crippen LogP contribution >= 0.6 is 0 Å². The molecule has 1 unspecified atom stereocenters. The molecule has 23 heavy (non-hydrogen) atoms. The summed E-state index contributed by atoms with van der Waals surface area (Å²) in [4.78, 5) is 25.9. The zero-order valence-corrected chi connectivity index (χ0v) is 14.9. The summed E-state index contributed by atoms with van der Waals surface area (Å²) >= 11 is 0. The van der Waals surface area contributed by atoms with E-state index in [4.69, 9.17) is 4.74 Å². The van der Waals surface area contributed by atoms with Crippen molar-refractivity contribution in [1.29, 1.82) is 0 Å². The third-order valence-corrected chi connectivity index (χ3v) is 4.49. The highest BCUT2D eigenvalue weighted by Gasteiger charge is 2.37. The average Bonchev–Trinajstić information content (AvgIpc) is 2.53. The van der Waals surface area contributed by atoms with Gasteiger partial charge in [0, 0.05) is 44.9 Å². The van der Waals surface area contributed by atoms with E-state index in [9.17, 15) is 9.59 Å². The summed E-state index contributed by atoms with van der Waals surface area (Å²) in [5, 5.41) is 8.91. The van der Waals surface area contributed by atoms with Crippen LogP contribution in [-0.2, 0) is 4.74 Å². The molecule has 0 bridgehead atoms. The largest absolute Gasteiger partial charge is 0.385 e. The van der Waals surface area contributed by atoms with Crippen LogP contribution in [0.25, 0.3) is 0 Å². The van der Waals surface area contributed by atoms with Crippen LogP contribution in [0.3, 0.4) is 0 Å². The van der Waals surface area contributed by atoms with Crippen molar-refractivity contribution in [2.45, 2.75) is 58.0 Å². The number of carbonyl (C=O) groups excluding carboxylic acids is 2. The molecule has 0 aromatic heterocycles. The number of piperidine rings is 1. The molecule has 4 amide bonds. The fraction of sp³-hybridized carbons (Fsp3) is 0.875. The topological polar surface area (TPSA) is 82.7 Å². The lowest BCUT2D eigenvalue weighted by Gasteiger charge is -2.42. The van der Waals surface area contributed by atoms with Gasteiger partial charge < -0.3 is 25.6 Å². The first kappa shape index (κ1) is 19.5. The maximum Gasteiger partial charge on any atom is 0.317 e. The third-order valence-electron chi connectivity index (χ3n) is 4.49. The van der Waals surface area contributed by atoms with E-state index in [0.29, 0.717) is 26.2 Å². The molecule has 0 aromatic carbocycles. The Morgan fingerprint density at radius 1 is 1.26 bits per heavy atom. The van der Waals surface area contributed by atoms with Crippen molar-refractivity contribution in [2.24, 2.45) is 0 Å². The van der Waals surface area contributed by atoms with Crippen LogP contribution in [0.4, 0.5) is 9.59 Å². The summed E-state index contributed by atoms with van der Waals surface area (Å²) in [5.74, 6) is 0. The van der Waals surface area contributed by atoms with E-state index in [1.807, 2.05) is 25.7 Å². The molecule has 1 rings (SSSR count). The van der Waals surface area contributed by atoms with E-state index < -0.39 is 0 Å². The van der Waals surface area contributed by atoms with E-state index in [0.717, 1.165) is 25.7 Å². The molecule has 1 fully saturated rings. The number of carbonyl (C=O) groups is 2. The fourth-order valence-electron chi connectivity index (χ4n) is 2.74. The van der Waals surface area contributed by atoms with Crippen LogP contribution < -0.4 is 16.0 Å². The van der Waals surface area contributed by atoms with Crippen molar-refractivity contribution in [3.8, 4) is 0 Å². The first-order valence-electron chi connectivity index (χ1n) is 8.56. The average molecular weight is 328 g/mol. The third kappa shape index (κ3) is 6.25. The molecule has 7 heteroatoms. The SMILES string of the molecule is CCNC(=O)N1CCC(CCOC)(NC(=O)NC(C)CC)CC1. The molecule has 0 aliphatic carbocycles. The standard InChI is InChI=1S/C16H32N4O3/c1-5-13(3)18-14(21)19-16(9-12-23-4)7-10-20(11-8-16)15(22)17-6-2/h13H,5-12H2,1-4H3,(H,17,22)(H2,18,19,21). The molecule has 7 nitrogen and oxygen atoms in total. The van der Waals surface area contributed by atoms with Gasteiger partial charge in [0.1, 0.15) is 0 Å². The number of nitrogens with one attached hydrogen (secondary N) is 3. The van der Waals surface area contributed by atoms with Gasteiger partial charge >= 0.3 is 12.1 Å². The lowest BCUT2D eigenvalue weighted by molar-refractivity contribution is 0.106. The second kappa shape index (κ2) is 9.60. The zero-order chi connectivity index (χ0) is 17.3. The highest BCUT2D eigenvalue weighted by molar-refractivity contribution is 5.76. The Kier molecular flexibility index (Phi) is 8.16. The summed E-state index contributed by atoms with van der Waals surface area (Å²) in [6, 6.07) is -0.0243. The molecule has 0 aromatic rings. The van der Waals surface area contributed by atoms with Crippen molar-refractivity contribution in [3.63, 3.8) is 0 Å². The Balaban J connectivity index is 2.63. The first-order chi connectivity index (χ1) is 11.0. The number of methoxy groups -OCH3 is 1. The minimum atomic E-state index is -0.309. The van der Waals surface area contributed by atoms with Gasteiger partial charge in [0.25, 0.3) is 0 Å². The Morgan fingerprint density at radius 2 is 1.91 bits per heavy atom. The molecule has 134 valence electrons. The summed E-state index contributed by atoms with van der Waals surface area (Å²) in [6.07, 6.45) is 3.12. The second-order valence-electron chi connectivity index (χ2n) is 6.25. The molecule has 1 aliphatic rings. The molecule has 3 N–H and O–H groups in total. The van der Waals surface area contributed by atoms with Crippen LogP contribution in [0.15, 0.2) is 0 Å². The second-order valence-corrected chi connectivity index (χ2v) is 6.25. The van der Waals surface area contributed by atoms with Crippen molar-refractivity contribution in [1.82, 2.24) is 20.9 Å². The van der Waals surface area contributed by atoms with Gasteiger partial charge in [-0.2, -0.15) is 0 Å². The highest BCUT2D eigenvalue weighted by Crippen LogP contribution is 2.26. The number of hydrogen-bond acceptors (Lipinski definition) is 3. The van der Waals surface area contributed by atoms with Gasteiger partial charge in [-0.25, -0.2) is 9.59 Å². The monoisotopic (exact) mass is 328 g/mol. The van der Waals surface area contributed by atoms with Crippen LogP contribution in [0.2, 0.25) is 0 Å². The van der Waals surface area contributed by atoms with Crippen LogP contribution in [0.1, 0.15) is 46.5 Å². The molecule has 1 heterocycles. The first-order valence-corrected chi connectivity index (χ1v) is 8.56. The predicted octanol–water partition coefficient (Wildman–Crippen LogP) is 1.68. The van der Waals surface area contributed by atoms with Gasteiger partial charge in [-0.15, -0.1) is 0 Å². The molecule has 1 atom stereocenters. The molecule has 0 radical (unpaired) electrons. The number of nitrogens with zero attached hydrogens (tertiary/aromatic N) is 1. The van der Waals surface area contributed by atoms with Gasteiger partial charge in [0.05, 0.1) is 0 Å². The number of ether oxygens (including phenoxy) is 1. The summed E-state index contributed by atoms with van der Waals surface area (Å²) in [5.41, 5.74) is -0.309. The van der Waals surface area contributed by atoms with Crippen LogP contribution in [0, 0.1) is 0 Å². The highest BCUT2D eigenvalue weighted by atomic mass is 16.5. The van der Waals surface area contributed by atoms with Gasteiger partial charge in [0.15, 0.2) is 0 Å². The van der Waals surface area contributed by atoms with E-state index in [2.05, 4.69) is 16.0 Å². The Morgan fingerprint density at radius 3 is 2.43 bits per heavy atom. The molecular weight excluding hydrogens is 296 g/mol. The smallest absolute Gasteiger partial charge is 0.317 e. The number of likely N-dealkylation sites (tertiary alicyclic amines) is 1. The molecule has 0 saturated carbocycles. The maximum absolute atomic E-state index is 12.2. The zero-order valence-electron chi connectivity index (χ0n) is 14.9. The van der Waals surface area contributed by atoms with E-state index in [1.165, 1.54) is 0 Å². The molecule has 1 aliphatic heterocycles. The summed E-state index contributed by atoms with van der Waals surface area (Å²) in [6.45, 7) is 8.42. The van der Waals surface area contributed by atoms with Crippen molar-refractivity contribution in [2.75, 3.05) is 33.4 Å². The molecular formula is C16H32N4O3. The Labute approximate surface area is 139 Å². The predicted molar refractivity (Wildman–Crippen MR) is 90.5 cm³/mol. The summed E-state index contributed by atoms with van der Waals surface area (Å²) in [7, 11) is 1.66. The Bertz CT molecular complexity index is 382. The van der Waals surface area contributed by atoms with Crippen molar-refractivity contribution >= 4 is 12.1 Å². The van der Waals surface area contributed by atoms with Crippen molar-refractivity contribution < 1.29 is 14.3 Å². The van der Waals surface area contributed by atoms with Crippen LogP contribution in [0.5, 0.6) is 0 Å². The van der Waals surface area contributed by atoms with Gasteiger partial charge in [0.2, 0.25) is 0 Å². The van der Waals surface area contributed by atoms with Crippen LogP contribution in [-0.4, -0.2) is 61.9 Å². The van der Waals surface area contributed by atoms with Gasteiger partial charge in [-0.05, 0) is 39.5 Å². The normalized spacial score (nSPS) is 18.2. The van der Waals surface area contributed by atoms with E-state index in [-0.39, 0.29) is 23.6 Å². The lowest BCUT2D eigenvalue weighted by Crippen LogP contribution is -2.60. The summed E-state index contributed by atoms with van der Waals surface area (Å²) < 4.78 is 5.20. The van der Waals surface area contributed by atoms with E-state index in [1.54, 1.807) is 7.11 Å². The minimum Gasteiger partial charge on any atom is -0.385 e. The number of amides is 4. The number of rotatable bonds is 7. The minimum absolute atomic E-state index is 0.0306. The quantitative estimate of drug-likeness (QED) is 0.665. The van der Waals surface area contributed by atoms with E-state index >= 15 is 0 Å². The Hall–Kier alpha value is -1.50. The number of hydrogen-bond donors (Lipinski definition) is 3. The maximum atomic E-state index is 12.2. The molecule has 1 saturated heterocycles. The number of urea groups is 2. The van der Waals surface area contributed by atoms with Crippen molar-refractivity contribution in [3.05, 3.63) is 0 Å². The lowest BCUT2D eigenvalue weighted by atomic mass is 9.84. The van der Waals surface area contributed by atoms with Gasteiger partial charge in [-0.1, -0.05) is 6.92 Å².